The summed E-state index contributed by atoms with van der Waals surface area (Å²) in [5, 5.41) is 21.8. The van der Waals surface area contributed by atoms with E-state index in [4.69, 9.17) is 0 Å². The van der Waals surface area contributed by atoms with Crippen molar-refractivity contribution in [1.29, 1.82) is 0 Å². The van der Waals surface area contributed by atoms with Crippen molar-refractivity contribution in [1.82, 2.24) is 25.3 Å². The fraction of sp³-hybridized carbons (Fsp3) is 0.310. The van der Waals surface area contributed by atoms with Crippen molar-refractivity contribution >= 4 is 28.3 Å². The molecule has 1 N–H and O–H groups in total. The molecule has 0 unspecified atom stereocenters. The lowest BCUT2D eigenvalue weighted by Crippen LogP contribution is -2.40. The van der Waals surface area contributed by atoms with Gasteiger partial charge in [-0.15, -0.1) is 20.4 Å². The molecule has 0 bridgehead atoms. The molecule has 0 spiro atoms. The molecule has 2 amide bonds. The number of hydrogen-bond acceptors (Lipinski definition) is 7. The van der Waals surface area contributed by atoms with Crippen molar-refractivity contribution in [3.63, 3.8) is 0 Å². The summed E-state index contributed by atoms with van der Waals surface area (Å²) in [5.74, 6) is 0.434. The van der Waals surface area contributed by atoms with Crippen LogP contribution in [0.25, 0.3) is 33.3 Å². The Morgan fingerprint density at radius 2 is 1.32 bits per heavy atom. The summed E-state index contributed by atoms with van der Waals surface area (Å²) >= 11 is 0. The first-order chi connectivity index (χ1) is 18.0. The molecule has 0 fully saturated rings. The van der Waals surface area contributed by atoms with Crippen molar-refractivity contribution < 1.29 is 9.59 Å². The molecule has 0 saturated heterocycles. The van der Waals surface area contributed by atoms with Gasteiger partial charge < -0.3 is 5.32 Å². The second-order valence-corrected chi connectivity index (χ2v) is 9.28. The molecule has 3 aromatic carbocycles. The minimum atomic E-state index is -0.239. The van der Waals surface area contributed by atoms with Gasteiger partial charge in [0, 0.05) is 46.2 Å². The average Bonchev–Trinajstić information content (AvgIpc) is 2.92. The van der Waals surface area contributed by atoms with Crippen LogP contribution in [0, 0.1) is 6.92 Å². The van der Waals surface area contributed by atoms with Gasteiger partial charge in [0.15, 0.2) is 5.82 Å². The Hall–Kier alpha value is -4.20. The second kappa shape index (κ2) is 10.4. The van der Waals surface area contributed by atoms with Crippen LogP contribution in [-0.2, 0) is 0 Å². The molecule has 0 aliphatic carbocycles. The maximum atomic E-state index is 13.5. The van der Waals surface area contributed by atoms with Crippen molar-refractivity contribution in [2.45, 2.75) is 46.5 Å². The molecular weight excluding hydrogens is 464 g/mol. The highest BCUT2D eigenvalue weighted by Crippen LogP contribution is 2.42. The topological polar surface area (TPSA) is 101 Å². The third kappa shape index (κ3) is 4.43. The van der Waals surface area contributed by atoms with Crippen molar-refractivity contribution in [3.8, 4) is 22.5 Å². The molecule has 5 rings (SSSR count). The van der Waals surface area contributed by atoms with Gasteiger partial charge in [-0.1, -0.05) is 57.0 Å². The standard InChI is InChI=1S/C29H30N6O2/c1-4-6-16-30-24-15-14-23-25-22(28(36)35(29(23)37)17-7-5-2)13-12-20(26(24)25)19-10-8-9-11-21(19)27-33-31-18(3)32-34-27/h8-15,30H,4-7,16-17H2,1-3H3. The van der Waals surface area contributed by atoms with E-state index in [0.29, 0.717) is 34.7 Å². The van der Waals surface area contributed by atoms with E-state index in [-0.39, 0.29) is 11.8 Å². The Balaban J connectivity index is 1.76. The van der Waals surface area contributed by atoms with Gasteiger partial charge in [-0.2, -0.15) is 0 Å². The summed E-state index contributed by atoms with van der Waals surface area (Å²) in [5.41, 5.74) is 4.54. The fourth-order valence-corrected chi connectivity index (χ4v) is 4.83. The monoisotopic (exact) mass is 494 g/mol. The Bertz CT molecular complexity index is 1460. The Kier molecular flexibility index (Phi) is 6.90. The Morgan fingerprint density at radius 1 is 0.703 bits per heavy atom. The van der Waals surface area contributed by atoms with E-state index in [9.17, 15) is 9.59 Å². The number of aromatic nitrogens is 4. The zero-order valence-electron chi connectivity index (χ0n) is 21.4. The molecule has 188 valence electrons. The summed E-state index contributed by atoms with van der Waals surface area (Å²) in [7, 11) is 0. The average molecular weight is 495 g/mol. The molecule has 8 heteroatoms. The van der Waals surface area contributed by atoms with E-state index >= 15 is 0 Å². The second-order valence-electron chi connectivity index (χ2n) is 9.28. The Labute approximate surface area is 216 Å². The lowest BCUT2D eigenvalue weighted by Gasteiger charge is -2.29. The first-order valence-electron chi connectivity index (χ1n) is 12.9. The number of nitrogens with zero attached hydrogens (tertiary/aromatic N) is 5. The Morgan fingerprint density at radius 3 is 2.00 bits per heavy atom. The number of nitrogens with one attached hydrogen (secondary N) is 1. The first kappa shape index (κ1) is 24.5. The van der Waals surface area contributed by atoms with Crippen molar-refractivity contribution in [2.24, 2.45) is 0 Å². The van der Waals surface area contributed by atoms with Gasteiger partial charge in [-0.25, -0.2) is 0 Å². The summed E-state index contributed by atoms with van der Waals surface area (Å²) in [6.07, 6.45) is 3.74. The third-order valence-electron chi connectivity index (χ3n) is 6.73. The third-order valence-corrected chi connectivity index (χ3v) is 6.73. The van der Waals surface area contributed by atoms with Crippen LogP contribution in [0.2, 0.25) is 0 Å². The van der Waals surface area contributed by atoms with Gasteiger partial charge in [0.1, 0.15) is 0 Å². The van der Waals surface area contributed by atoms with Crippen molar-refractivity contribution in [3.05, 3.63) is 65.5 Å². The number of aryl methyl sites for hydroxylation is 1. The number of carbonyl (C=O) groups excluding carboxylic acids is 2. The van der Waals surface area contributed by atoms with E-state index in [0.717, 1.165) is 60.0 Å². The molecule has 8 nitrogen and oxygen atoms in total. The maximum absolute atomic E-state index is 13.5. The van der Waals surface area contributed by atoms with Crippen LogP contribution in [0.1, 0.15) is 66.1 Å². The number of amides is 2. The molecule has 1 aromatic heterocycles. The molecule has 0 saturated carbocycles. The summed E-state index contributed by atoms with van der Waals surface area (Å²) in [6.45, 7) is 7.14. The number of rotatable bonds is 9. The number of unbranched alkanes of at least 4 members (excludes halogenated alkanes) is 2. The predicted octanol–water partition coefficient (Wildman–Crippen LogP) is 5.67. The van der Waals surface area contributed by atoms with Crippen LogP contribution in [0.4, 0.5) is 5.69 Å². The van der Waals surface area contributed by atoms with Crippen LogP contribution in [0.15, 0.2) is 48.5 Å². The molecule has 1 aliphatic rings. The van der Waals surface area contributed by atoms with Crippen LogP contribution >= 0.6 is 0 Å². The molecule has 0 radical (unpaired) electrons. The normalized spacial score (nSPS) is 12.9. The molecule has 37 heavy (non-hydrogen) atoms. The minimum Gasteiger partial charge on any atom is -0.385 e. The van der Waals surface area contributed by atoms with E-state index < -0.39 is 0 Å². The highest BCUT2D eigenvalue weighted by Gasteiger charge is 2.34. The van der Waals surface area contributed by atoms with Gasteiger partial charge in [0.2, 0.25) is 5.82 Å². The van der Waals surface area contributed by atoms with Gasteiger partial charge in [-0.3, -0.25) is 14.5 Å². The SMILES string of the molecule is CCCCNc1ccc2c3c(ccc(-c4ccccc4-c4nnc(C)nn4)c13)C(=O)N(CCCC)C2=O. The van der Waals surface area contributed by atoms with Crippen LogP contribution in [0.3, 0.4) is 0 Å². The number of anilines is 1. The van der Waals surface area contributed by atoms with Gasteiger partial charge in [-0.05, 0) is 49.1 Å². The van der Waals surface area contributed by atoms with E-state index in [1.807, 2.05) is 55.5 Å². The lowest BCUT2D eigenvalue weighted by molar-refractivity contribution is 0.0608. The molecule has 2 heterocycles. The van der Waals surface area contributed by atoms with Crippen LogP contribution < -0.4 is 5.32 Å². The maximum Gasteiger partial charge on any atom is 0.261 e. The molecule has 0 atom stereocenters. The largest absolute Gasteiger partial charge is 0.385 e. The predicted molar refractivity (Wildman–Crippen MR) is 144 cm³/mol. The highest BCUT2D eigenvalue weighted by molar-refractivity contribution is 6.28. The number of benzene rings is 3. The summed E-state index contributed by atoms with van der Waals surface area (Å²) in [4.78, 5) is 28.4. The molecule has 1 aliphatic heterocycles. The number of imide groups is 1. The summed E-state index contributed by atoms with van der Waals surface area (Å²) < 4.78 is 0. The smallest absolute Gasteiger partial charge is 0.261 e. The van der Waals surface area contributed by atoms with Gasteiger partial charge >= 0.3 is 0 Å². The van der Waals surface area contributed by atoms with Gasteiger partial charge in [0.05, 0.1) is 0 Å². The van der Waals surface area contributed by atoms with E-state index in [1.165, 1.54) is 4.90 Å². The molecular formula is C29H30N6O2. The van der Waals surface area contributed by atoms with Crippen molar-refractivity contribution in [2.75, 3.05) is 18.4 Å². The zero-order chi connectivity index (χ0) is 25.9. The minimum absolute atomic E-state index is 0.239. The highest BCUT2D eigenvalue weighted by atomic mass is 16.2. The zero-order valence-corrected chi connectivity index (χ0v) is 21.4. The number of hydrogen-bond donors (Lipinski definition) is 1. The number of carbonyl (C=O) groups is 2. The molecule has 4 aromatic rings. The van der Waals surface area contributed by atoms with Gasteiger partial charge in [0.25, 0.3) is 11.8 Å². The van der Waals surface area contributed by atoms with E-state index in [1.54, 1.807) is 6.92 Å². The quantitative estimate of drug-likeness (QED) is 0.236. The van der Waals surface area contributed by atoms with Crippen LogP contribution in [-0.4, -0.2) is 50.2 Å². The van der Waals surface area contributed by atoms with Crippen LogP contribution in [0.5, 0.6) is 0 Å². The lowest BCUT2D eigenvalue weighted by atomic mass is 9.86. The van der Waals surface area contributed by atoms with E-state index in [2.05, 4.69) is 32.6 Å². The summed E-state index contributed by atoms with van der Waals surface area (Å²) in [6, 6.07) is 15.4. The first-order valence-corrected chi connectivity index (χ1v) is 12.9. The fourth-order valence-electron chi connectivity index (χ4n) is 4.83.